The molecule has 1 aliphatic carbocycles. The Bertz CT molecular complexity index is 372. The second kappa shape index (κ2) is 5.46. The van der Waals surface area contributed by atoms with Crippen LogP contribution in [-0.2, 0) is 4.79 Å². The summed E-state index contributed by atoms with van der Waals surface area (Å²) in [5.41, 5.74) is 0.867. The molecule has 3 atom stereocenters. The quantitative estimate of drug-likeness (QED) is 0.869. The van der Waals surface area contributed by atoms with Gasteiger partial charge in [0, 0.05) is 6.42 Å². The van der Waals surface area contributed by atoms with Crippen LogP contribution in [0.1, 0.15) is 44.3 Å². The molecule has 17 heavy (non-hydrogen) atoms. The van der Waals surface area contributed by atoms with E-state index in [1.54, 1.807) is 0 Å². The van der Waals surface area contributed by atoms with Gasteiger partial charge in [-0.1, -0.05) is 43.7 Å². The summed E-state index contributed by atoms with van der Waals surface area (Å²) < 4.78 is 0. The Morgan fingerprint density at radius 2 is 2.06 bits per heavy atom. The van der Waals surface area contributed by atoms with E-state index in [2.05, 4.69) is 6.92 Å². The van der Waals surface area contributed by atoms with Gasteiger partial charge in [0.25, 0.3) is 0 Å². The van der Waals surface area contributed by atoms with Crippen molar-refractivity contribution in [1.82, 2.24) is 0 Å². The lowest BCUT2D eigenvalue weighted by atomic mass is 9.72. The molecule has 2 nitrogen and oxygen atoms in total. The Kier molecular flexibility index (Phi) is 3.95. The summed E-state index contributed by atoms with van der Waals surface area (Å²) in [5.74, 6) is 0.377. The van der Waals surface area contributed by atoms with E-state index in [1.807, 2.05) is 30.3 Å². The summed E-state index contributed by atoms with van der Waals surface area (Å²) in [6, 6.07) is 9.55. The van der Waals surface area contributed by atoms with Crippen molar-refractivity contribution < 1.29 is 9.90 Å². The zero-order valence-electron chi connectivity index (χ0n) is 10.3. The van der Waals surface area contributed by atoms with Crippen molar-refractivity contribution in [3.8, 4) is 0 Å². The van der Waals surface area contributed by atoms with Gasteiger partial charge in [0.05, 0.1) is 12.0 Å². The number of aliphatic hydroxyl groups is 1. The highest BCUT2D eigenvalue weighted by Gasteiger charge is 2.36. The van der Waals surface area contributed by atoms with E-state index in [-0.39, 0.29) is 11.7 Å². The SMILES string of the molecule is CC[C@H]1CCCC(=O)[C@@H]1[C@H](O)c1ccccc1. The summed E-state index contributed by atoms with van der Waals surface area (Å²) >= 11 is 0. The van der Waals surface area contributed by atoms with Gasteiger partial charge >= 0.3 is 0 Å². The number of aliphatic hydroxyl groups excluding tert-OH is 1. The van der Waals surface area contributed by atoms with Crippen LogP contribution in [-0.4, -0.2) is 10.9 Å². The van der Waals surface area contributed by atoms with Gasteiger partial charge < -0.3 is 5.11 Å². The maximum atomic E-state index is 12.0. The number of carbonyl (C=O) groups is 1. The van der Waals surface area contributed by atoms with Crippen LogP contribution < -0.4 is 0 Å². The van der Waals surface area contributed by atoms with E-state index >= 15 is 0 Å². The molecule has 0 spiro atoms. The maximum absolute atomic E-state index is 12.0. The van der Waals surface area contributed by atoms with E-state index in [4.69, 9.17) is 0 Å². The molecule has 0 bridgehead atoms. The molecule has 0 saturated heterocycles. The van der Waals surface area contributed by atoms with Crippen molar-refractivity contribution in [3.63, 3.8) is 0 Å². The monoisotopic (exact) mass is 232 g/mol. The molecule has 0 aromatic heterocycles. The first-order valence-electron chi connectivity index (χ1n) is 6.49. The van der Waals surface area contributed by atoms with E-state index in [0.29, 0.717) is 12.3 Å². The normalized spacial score (nSPS) is 26.8. The van der Waals surface area contributed by atoms with Gasteiger partial charge in [-0.3, -0.25) is 4.79 Å². The molecular weight excluding hydrogens is 212 g/mol. The second-order valence-electron chi connectivity index (χ2n) is 4.91. The number of benzene rings is 1. The van der Waals surface area contributed by atoms with Gasteiger partial charge in [-0.05, 0) is 24.3 Å². The molecule has 0 amide bonds. The smallest absolute Gasteiger partial charge is 0.139 e. The fourth-order valence-electron chi connectivity index (χ4n) is 2.90. The van der Waals surface area contributed by atoms with Crippen molar-refractivity contribution in [3.05, 3.63) is 35.9 Å². The van der Waals surface area contributed by atoms with Crippen molar-refractivity contribution in [1.29, 1.82) is 0 Å². The molecule has 0 radical (unpaired) electrons. The highest BCUT2D eigenvalue weighted by atomic mass is 16.3. The zero-order chi connectivity index (χ0) is 12.3. The molecular formula is C15H20O2. The van der Waals surface area contributed by atoms with Gasteiger partial charge in [-0.25, -0.2) is 0 Å². The fraction of sp³-hybridized carbons (Fsp3) is 0.533. The first-order valence-corrected chi connectivity index (χ1v) is 6.49. The van der Waals surface area contributed by atoms with Gasteiger partial charge in [-0.2, -0.15) is 0 Å². The van der Waals surface area contributed by atoms with Crippen molar-refractivity contribution >= 4 is 5.78 Å². The Morgan fingerprint density at radius 3 is 2.71 bits per heavy atom. The molecule has 2 heteroatoms. The Hall–Kier alpha value is -1.15. The zero-order valence-corrected chi connectivity index (χ0v) is 10.3. The number of hydrogen-bond donors (Lipinski definition) is 1. The Balaban J connectivity index is 2.21. The molecule has 1 aromatic rings. The van der Waals surface area contributed by atoms with Crippen LogP contribution in [0, 0.1) is 11.8 Å². The van der Waals surface area contributed by atoms with Crippen molar-refractivity contribution in [2.24, 2.45) is 11.8 Å². The molecule has 0 unspecified atom stereocenters. The van der Waals surface area contributed by atoms with Gasteiger partial charge in [-0.15, -0.1) is 0 Å². The number of hydrogen-bond acceptors (Lipinski definition) is 2. The van der Waals surface area contributed by atoms with Gasteiger partial charge in [0.15, 0.2) is 0 Å². The summed E-state index contributed by atoms with van der Waals surface area (Å²) in [4.78, 5) is 12.0. The van der Waals surface area contributed by atoms with E-state index in [0.717, 1.165) is 24.8 Å². The highest BCUT2D eigenvalue weighted by Crippen LogP contribution is 2.38. The second-order valence-corrected chi connectivity index (χ2v) is 4.91. The lowest BCUT2D eigenvalue weighted by Gasteiger charge is -2.33. The number of carbonyl (C=O) groups excluding carboxylic acids is 1. The summed E-state index contributed by atoms with van der Waals surface area (Å²) in [6.45, 7) is 2.11. The third-order valence-corrected chi connectivity index (χ3v) is 3.88. The molecule has 1 fully saturated rings. The lowest BCUT2D eigenvalue weighted by Crippen LogP contribution is -2.33. The van der Waals surface area contributed by atoms with Crippen LogP contribution in [0.3, 0.4) is 0 Å². The molecule has 1 saturated carbocycles. The molecule has 1 aromatic carbocycles. The molecule has 2 rings (SSSR count). The van der Waals surface area contributed by atoms with Gasteiger partial charge in [0.2, 0.25) is 0 Å². The average Bonchev–Trinajstić information content (AvgIpc) is 2.38. The number of ketones is 1. The maximum Gasteiger partial charge on any atom is 0.139 e. The standard InChI is InChI=1S/C15H20O2/c1-2-11-9-6-10-13(16)14(11)15(17)12-7-4-3-5-8-12/h3-5,7-8,11,14-15,17H,2,6,9-10H2,1H3/t11-,14+,15+/m0/s1. The largest absolute Gasteiger partial charge is 0.388 e. The van der Waals surface area contributed by atoms with Crippen LogP contribution in [0.4, 0.5) is 0 Å². The first-order chi connectivity index (χ1) is 8.24. The van der Waals surface area contributed by atoms with E-state index < -0.39 is 6.10 Å². The molecule has 0 heterocycles. The Labute approximate surface area is 103 Å². The predicted molar refractivity (Wildman–Crippen MR) is 67.5 cm³/mol. The minimum absolute atomic E-state index is 0.198. The summed E-state index contributed by atoms with van der Waals surface area (Å²) in [6.07, 6.45) is 3.02. The molecule has 0 aliphatic heterocycles. The van der Waals surface area contributed by atoms with Crippen LogP contribution >= 0.6 is 0 Å². The topological polar surface area (TPSA) is 37.3 Å². The highest BCUT2D eigenvalue weighted by molar-refractivity contribution is 5.82. The first kappa shape index (κ1) is 12.3. The van der Waals surface area contributed by atoms with Crippen LogP contribution in [0.5, 0.6) is 0 Å². The predicted octanol–water partition coefficient (Wildman–Crippen LogP) is 3.12. The van der Waals surface area contributed by atoms with E-state index in [1.165, 1.54) is 0 Å². The fourth-order valence-corrected chi connectivity index (χ4v) is 2.90. The lowest BCUT2D eigenvalue weighted by molar-refractivity contribution is -0.132. The minimum Gasteiger partial charge on any atom is -0.388 e. The molecule has 1 N–H and O–H groups in total. The van der Waals surface area contributed by atoms with Crippen molar-refractivity contribution in [2.75, 3.05) is 0 Å². The van der Waals surface area contributed by atoms with Crippen LogP contribution in [0.15, 0.2) is 30.3 Å². The average molecular weight is 232 g/mol. The number of Topliss-reactive ketones (excluding diaryl/α,β-unsaturated/α-hetero) is 1. The molecule has 1 aliphatic rings. The summed E-state index contributed by atoms with van der Waals surface area (Å²) in [7, 11) is 0. The van der Waals surface area contributed by atoms with Gasteiger partial charge in [0.1, 0.15) is 5.78 Å². The van der Waals surface area contributed by atoms with Crippen molar-refractivity contribution in [2.45, 2.75) is 38.7 Å². The minimum atomic E-state index is -0.631. The Morgan fingerprint density at radius 1 is 1.35 bits per heavy atom. The van der Waals surface area contributed by atoms with E-state index in [9.17, 15) is 9.90 Å². The third kappa shape index (κ3) is 2.58. The molecule has 92 valence electrons. The van der Waals surface area contributed by atoms with Crippen LogP contribution in [0.25, 0.3) is 0 Å². The third-order valence-electron chi connectivity index (χ3n) is 3.88. The summed E-state index contributed by atoms with van der Waals surface area (Å²) in [5, 5.41) is 10.4. The number of rotatable bonds is 3. The van der Waals surface area contributed by atoms with Crippen LogP contribution in [0.2, 0.25) is 0 Å².